The second-order valence-electron chi connectivity index (χ2n) is 4.42. The van der Waals surface area contributed by atoms with E-state index in [1.165, 1.54) is 0 Å². The number of aliphatic hydroxyl groups excluding tert-OH is 1. The van der Waals surface area contributed by atoms with Crippen molar-refractivity contribution in [2.24, 2.45) is 0 Å². The Hall–Kier alpha value is -1.04. The molecule has 2 aromatic rings. The zero-order valence-corrected chi connectivity index (χ0v) is 13.6. The predicted octanol–water partition coefficient (Wildman–Crippen LogP) is 3.82. The first-order valence-electron chi connectivity index (χ1n) is 6.34. The van der Waals surface area contributed by atoms with Gasteiger partial charge in [-0.05, 0) is 48.0 Å². The lowest BCUT2D eigenvalue weighted by molar-refractivity contribution is 0.0402. The highest BCUT2D eigenvalue weighted by Crippen LogP contribution is 2.28. The molecule has 20 heavy (non-hydrogen) atoms. The molecule has 0 aliphatic rings. The van der Waals surface area contributed by atoms with Crippen LogP contribution in [0.2, 0.25) is 5.02 Å². The second-order valence-corrected chi connectivity index (χ2v) is 5.71. The highest BCUT2D eigenvalue weighted by atomic mass is 79.9. The molecular formula is C14H16BrClN2O2. The number of hydrogen-bond donors (Lipinski definition) is 1. The molecule has 0 aliphatic heterocycles. The van der Waals surface area contributed by atoms with Crippen molar-refractivity contribution in [3.05, 3.63) is 45.7 Å². The molecule has 0 radical (unpaired) electrons. The molecule has 4 nitrogen and oxygen atoms in total. The molecule has 2 rings (SSSR count). The summed E-state index contributed by atoms with van der Waals surface area (Å²) in [6.45, 7) is 4.46. The Kier molecular flexibility index (Phi) is 5.07. The van der Waals surface area contributed by atoms with Gasteiger partial charge in [-0.2, -0.15) is 5.10 Å². The summed E-state index contributed by atoms with van der Waals surface area (Å²) in [6, 6.07) is 7.11. The minimum absolute atomic E-state index is 0.424. The van der Waals surface area contributed by atoms with Crippen molar-refractivity contribution in [1.82, 2.24) is 9.78 Å². The van der Waals surface area contributed by atoms with E-state index in [2.05, 4.69) is 21.0 Å². The number of ether oxygens (including phenoxy) is 1. The first-order chi connectivity index (χ1) is 9.52. The summed E-state index contributed by atoms with van der Waals surface area (Å²) < 4.78 is 8.25. The molecule has 0 fully saturated rings. The van der Waals surface area contributed by atoms with Gasteiger partial charge in [0.1, 0.15) is 18.0 Å². The zero-order chi connectivity index (χ0) is 14.7. The average Bonchev–Trinajstić information content (AvgIpc) is 2.79. The highest BCUT2D eigenvalue weighted by molar-refractivity contribution is 9.10. The average molecular weight is 360 g/mol. The molecule has 2 atom stereocenters. The van der Waals surface area contributed by atoms with Crippen LogP contribution in [0.3, 0.4) is 0 Å². The van der Waals surface area contributed by atoms with E-state index in [4.69, 9.17) is 16.3 Å². The van der Waals surface area contributed by atoms with Crippen LogP contribution in [0, 0.1) is 0 Å². The quantitative estimate of drug-likeness (QED) is 0.883. The Labute approximate surface area is 131 Å². The molecule has 0 spiro atoms. The summed E-state index contributed by atoms with van der Waals surface area (Å²) in [7, 11) is 0. The summed E-state index contributed by atoms with van der Waals surface area (Å²) in [6.07, 6.45) is 0.464. The third-order valence-corrected chi connectivity index (χ3v) is 3.82. The van der Waals surface area contributed by atoms with Crippen LogP contribution in [0.25, 0.3) is 0 Å². The molecule has 0 saturated carbocycles. The predicted molar refractivity (Wildman–Crippen MR) is 82.1 cm³/mol. The first kappa shape index (κ1) is 15.4. The second kappa shape index (κ2) is 6.61. The standard InChI is InChI=1S/C14H16BrClN2O2/c1-3-18-13(12(15)8-17-18)14(19)9(2)20-11-6-4-5-10(16)7-11/h4-9,14,19H,3H2,1-2H3. The maximum absolute atomic E-state index is 10.5. The number of aromatic nitrogens is 2. The fourth-order valence-corrected chi connectivity index (χ4v) is 2.67. The third kappa shape index (κ3) is 3.34. The van der Waals surface area contributed by atoms with Crippen LogP contribution in [-0.4, -0.2) is 21.0 Å². The van der Waals surface area contributed by atoms with Gasteiger partial charge < -0.3 is 9.84 Å². The van der Waals surface area contributed by atoms with Crippen LogP contribution in [0.4, 0.5) is 0 Å². The Morgan fingerprint density at radius 3 is 2.90 bits per heavy atom. The maximum atomic E-state index is 10.5. The van der Waals surface area contributed by atoms with Crippen molar-refractivity contribution in [2.45, 2.75) is 32.6 Å². The van der Waals surface area contributed by atoms with E-state index >= 15 is 0 Å². The van der Waals surface area contributed by atoms with Gasteiger partial charge in [-0.25, -0.2) is 0 Å². The van der Waals surface area contributed by atoms with E-state index in [0.717, 1.165) is 4.47 Å². The lowest BCUT2D eigenvalue weighted by Crippen LogP contribution is -2.24. The number of halogens is 2. The van der Waals surface area contributed by atoms with Gasteiger partial charge in [0.05, 0.1) is 16.4 Å². The Balaban J connectivity index is 2.16. The van der Waals surface area contributed by atoms with Gasteiger partial charge in [0, 0.05) is 11.6 Å². The van der Waals surface area contributed by atoms with Crippen LogP contribution in [0.15, 0.2) is 34.9 Å². The maximum Gasteiger partial charge on any atom is 0.133 e. The van der Waals surface area contributed by atoms with E-state index < -0.39 is 12.2 Å². The summed E-state index contributed by atoms with van der Waals surface area (Å²) in [5.74, 6) is 0.628. The van der Waals surface area contributed by atoms with Crippen LogP contribution in [-0.2, 0) is 6.54 Å². The number of rotatable bonds is 5. The lowest BCUT2D eigenvalue weighted by Gasteiger charge is -2.21. The van der Waals surface area contributed by atoms with Gasteiger partial charge in [-0.15, -0.1) is 0 Å². The fourth-order valence-electron chi connectivity index (χ4n) is 1.96. The van der Waals surface area contributed by atoms with E-state index in [0.29, 0.717) is 23.0 Å². The Bertz CT molecular complexity index is 588. The monoisotopic (exact) mass is 358 g/mol. The van der Waals surface area contributed by atoms with Gasteiger partial charge in [0.25, 0.3) is 0 Å². The summed E-state index contributed by atoms with van der Waals surface area (Å²) in [5, 5.41) is 15.2. The van der Waals surface area contributed by atoms with E-state index in [1.807, 2.05) is 19.9 Å². The normalized spacial score (nSPS) is 14.1. The van der Waals surface area contributed by atoms with Gasteiger partial charge >= 0.3 is 0 Å². The van der Waals surface area contributed by atoms with Crippen molar-refractivity contribution < 1.29 is 9.84 Å². The molecule has 1 heterocycles. The fraction of sp³-hybridized carbons (Fsp3) is 0.357. The van der Waals surface area contributed by atoms with Crippen molar-refractivity contribution in [3.63, 3.8) is 0 Å². The molecular weight excluding hydrogens is 344 g/mol. The molecule has 0 aliphatic carbocycles. The molecule has 108 valence electrons. The molecule has 1 N–H and O–H groups in total. The van der Waals surface area contributed by atoms with Gasteiger partial charge in [0.2, 0.25) is 0 Å². The summed E-state index contributed by atoms with van der Waals surface area (Å²) >= 11 is 9.32. The molecule has 0 saturated heterocycles. The largest absolute Gasteiger partial charge is 0.488 e. The number of aryl methyl sites for hydroxylation is 1. The van der Waals surface area contributed by atoms with Gasteiger partial charge in [-0.3, -0.25) is 4.68 Å². The summed E-state index contributed by atoms with van der Waals surface area (Å²) in [5.41, 5.74) is 0.710. The summed E-state index contributed by atoms with van der Waals surface area (Å²) in [4.78, 5) is 0. The third-order valence-electron chi connectivity index (χ3n) is 2.98. The van der Waals surface area contributed by atoms with Crippen LogP contribution in [0.1, 0.15) is 25.6 Å². The molecule has 0 amide bonds. The Morgan fingerprint density at radius 2 is 2.25 bits per heavy atom. The topological polar surface area (TPSA) is 47.3 Å². The van der Waals surface area contributed by atoms with E-state index in [9.17, 15) is 5.11 Å². The molecule has 6 heteroatoms. The first-order valence-corrected chi connectivity index (χ1v) is 7.51. The van der Waals surface area contributed by atoms with Crippen molar-refractivity contribution in [2.75, 3.05) is 0 Å². The molecule has 1 aromatic carbocycles. The smallest absolute Gasteiger partial charge is 0.133 e. The number of hydrogen-bond acceptors (Lipinski definition) is 3. The number of aliphatic hydroxyl groups is 1. The number of benzene rings is 1. The SMILES string of the molecule is CCn1ncc(Br)c1C(O)C(C)Oc1cccc(Cl)c1. The van der Waals surface area contributed by atoms with Crippen LogP contribution in [0.5, 0.6) is 5.75 Å². The highest BCUT2D eigenvalue weighted by Gasteiger charge is 2.24. The molecule has 0 bridgehead atoms. The Morgan fingerprint density at radius 1 is 1.50 bits per heavy atom. The van der Waals surface area contributed by atoms with Crippen molar-refractivity contribution in [1.29, 1.82) is 0 Å². The van der Waals surface area contributed by atoms with Crippen molar-refractivity contribution >= 4 is 27.5 Å². The van der Waals surface area contributed by atoms with Gasteiger partial charge in [0.15, 0.2) is 0 Å². The van der Waals surface area contributed by atoms with E-state index in [1.54, 1.807) is 29.1 Å². The number of nitrogens with zero attached hydrogens (tertiary/aromatic N) is 2. The molecule has 2 unspecified atom stereocenters. The minimum atomic E-state index is -0.786. The lowest BCUT2D eigenvalue weighted by atomic mass is 10.1. The van der Waals surface area contributed by atoms with Gasteiger partial charge in [-0.1, -0.05) is 17.7 Å². The van der Waals surface area contributed by atoms with Crippen LogP contribution < -0.4 is 4.74 Å². The molecule has 1 aromatic heterocycles. The van der Waals surface area contributed by atoms with Crippen molar-refractivity contribution in [3.8, 4) is 5.75 Å². The van der Waals surface area contributed by atoms with Crippen LogP contribution >= 0.6 is 27.5 Å². The zero-order valence-electron chi connectivity index (χ0n) is 11.3. The minimum Gasteiger partial charge on any atom is -0.488 e. The van der Waals surface area contributed by atoms with E-state index in [-0.39, 0.29) is 0 Å².